The number of aryl methyl sites for hydroxylation is 1. The molecule has 1 heterocycles. The van der Waals surface area contributed by atoms with E-state index in [0.717, 1.165) is 37.3 Å². The van der Waals surface area contributed by atoms with Crippen molar-refractivity contribution < 1.29 is 19.4 Å². The maximum Gasteiger partial charge on any atom is 0.341 e. The summed E-state index contributed by atoms with van der Waals surface area (Å²) in [5.41, 5.74) is 3.27. The molecule has 0 radical (unpaired) electrons. The second kappa shape index (κ2) is 10.7. The highest BCUT2D eigenvalue weighted by molar-refractivity contribution is 5.86. The molecular weight excluding hydrogens is 416 g/mol. The van der Waals surface area contributed by atoms with Gasteiger partial charge in [0.1, 0.15) is 5.75 Å². The van der Waals surface area contributed by atoms with E-state index in [2.05, 4.69) is 65.7 Å². The quantitative estimate of drug-likeness (QED) is 0.500. The van der Waals surface area contributed by atoms with E-state index in [1.54, 1.807) is 0 Å². The normalized spacial score (nSPS) is 17.2. The predicted molar refractivity (Wildman–Crippen MR) is 131 cm³/mol. The number of nitrogens with one attached hydrogen (secondary N) is 1. The molecule has 3 aromatic rings. The summed E-state index contributed by atoms with van der Waals surface area (Å²) in [5.74, 6) is -0.361. The van der Waals surface area contributed by atoms with Crippen molar-refractivity contribution in [3.8, 4) is 5.75 Å². The molecule has 174 valence electrons. The van der Waals surface area contributed by atoms with E-state index in [1.807, 2.05) is 19.1 Å². The summed E-state index contributed by atoms with van der Waals surface area (Å²) in [6.45, 7) is 6.93. The first-order valence-electron chi connectivity index (χ1n) is 11.5. The van der Waals surface area contributed by atoms with E-state index in [0.29, 0.717) is 12.4 Å². The van der Waals surface area contributed by atoms with Crippen molar-refractivity contribution >= 4 is 22.4 Å². The number of fused-ring (bicyclic) bond motifs is 1. The van der Waals surface area contributed by atoms with Crippen molar-refractivity contribution in [3.05, 3.63) is 71.8 Å². The molecule has 0 spiro atoms. The number of nitrogens with zero attached hydrogens (tertiary/aromatic N) is 1. The largest absolute Gasteiger partial charge is 0.482 e. The minimum Gasteiger partial charge on any atom is -0.482 e. The number of carbonyl (C=O) groups is 1. The lowest BCUT2D eigenvalue weighted by Gasteiger charge is -2.35. The van der Waals surface area contributed by atoms with Gasteiger partial charge < -0.3 is 24.8 Å². The van der Waals surface area contributed by atoms with Crippen LogP contribution >= 0.6 is 0 Å². The zero-order valence-corrected chi connectivity index (χ0v) is 19.3. The molecule has 6 nitrogen and oxygen atoms in total. The lowest BCUT2D eigenvalue weighted by molar-refractivity contribution is -0.139. The molecule has 4 rings (SSSR count). The third-order valence-electron chi connectivity index (χ3n) is 6.23. The summed E-state index contributed by atoms with van der Waals surface area (Å²) in [4.78, 5) is 13.1. The first-order chi connectivity index (χ1) is 16.0. The van der Waals surface area contributed by atoms with Crippen LogP contribution in [0, 0.1) is 6.92 Å². The van der Waals surface area contributed by atoms with Crippen molar-refractivity contribution in [2.45, 2.75) is 32.4 Å². The molecule has 0 saturated carbocycles. The van der Waals surface area contributed by atoms with E-state index in [1.165, 1.54) is 16.3 Å². The Morgan fingerprint density at radius 2 is 2.03 bits per heavy atom. The van der Waals surface area contributed by atoms with Gasteiger partial charge in [0.2, 0.25) is 0 Å². The first-order valence-corrected chi connectivity index (χ1v) is 11.5. The number of hydrogen-bond donors (Lipinski definition) is 2. The molecule has 1 saturated heterocycles. The first kappa shape index (κ1) is 23.1. The predicted octanol–water partition coefficient (Wildman–Crippen LogP) is 4.56. The van der Waals surface area contributed by atoms with Crippen LogP contribution in [0.5, 0.6) is 5.75 Å². The minimum atomic E-state index is -0.975. The number of anilines is 1. The van der Waals surface area contributed by atoms with Crippen LogP contribution in [-0.4, -0.2) is 50.0 Å². The molecule has 2 N–H and O–H groups in total. The van der Waals surface area contributed by atoms with Crippen molar-refractivity contribution in [1.82, 2.24) is 5.32 Å². The van der Waals surface area contributed by atoms with Crippen LogP contribution < -0.4 is 15.0 Å². The van der Waals surface area contributed by atoms with Crippen LogP contribution in [0.3, 0.4) is 0 Å². The van der Waals surface area contributed by atoms with Crippen LogP contribution in [0.4, 0.5) is 5.69 Å². The number of morpholine rings is 1. The number of rotatable bonds is 9. The average molecular weight is 449 g/mol. The number of carboxylic acids is 1. The topological polar surface area (TPSA) is 71.0 Å². The summed E-state index contributed by atoms with van der Waals surface area (Å²) >= 11 is 0. The van der Waals surface area contributed by atoms with Gasteiger partial charge in [0, 0.05) is 30.9 Å². The fourth-order valence-electron chi connectivity index (χ4n) is 4.41. The third kappa shape index (κ3) is 5.83. The smallest absolute Gasteiger partial charge is 0.341 e. The molecule has 33 heavy (non-hydrogen) atoms. The number of hydrogen-bond acceptors (Lipinski definition) is 5. The number of aliphatic carboxylic acids is 1. The SMILES string of the molecule is Cc1ccc(N2CCOC(CCN[C@H](C)c3cccc4ccccc34)C2)cc1OCC(=O)O. The van der Waals surface area contributed by atoms with E-state index in [9.17, 15) is 4.79 Å². The molecular formula is C27H32N2O4. The molecule has 0 bridgehead atoms. The number of ether oxygens (including phenoxy) is 2. The lowest BCUT2D eigenvalue weighted by Crippen LogP contribution is -2.43. The zero-order chi connectivity index (χ0) is 23.2. The third-order valence-corrected chi connectivity index (χ3v) is 6.23. The molecule has 0 aromatic heterocycles. The molecule has 2 atom stereocenters. The Labute approximate surface area is 195 Å². The second-order valence-corrected chi connectivity index (χ2v) is 8.60. The minimum absolute atomic E-state index is 0.135. The maximum atomic E-state index is 10.9. The van der Waals surface area contributed by atoms with Gasteiger partial charge in [0.05, 0.1) is 12.7 Å². The van der Waals surface area contributed by atoms with Gasteiger partial charge in [-0.3, -0.25) is 0 Å². The van der Waals surface area contributed by atoms with Gasteiger partial charge in [0.25, 0.3) is 0 Å². The van der Waals surface area contributed by atoms with Crippen LogP contribution in [0.2, 0.25) is 0 Å². The Bertz CT molecular complexity index is 1100. The Morgan fingerprint density at radius 1 is 1.21 bits per heavy atom. The summed E-state index contributed by atoms with van der Waals surface area (Å²) in [5, 5.41) is 15.1. The fraction of sp³-hybridized carbons (Fsp3) is 0.370. The molecule has 1 aliphatic heterocycles. The van der Waals surface area contributed by atoms with Crippen molar-refractivity contribution in [2.75, 3.05) is 37.7 Å². The van der Waals surface area contributed by atoms with Gasteiger partial charge in [0.15, 0.2) is 6.61 Å². The average Bonchev–Trinajstić information content (AvgIpc) is 2.83. The molecule has 3 aromatic carbocycles. The monoisotopic (exact) mass is 448 g/mol. The van der Waals surface area contributed by atoms with Gasteiger partial charge in [-0.2, -0.15) is 0 Å². The van der Waals surface area contributed by atoms with E-state index >= 15 is 0 Å². The Morgan fingerprint density at radius 3 is 2.88 bits per heavy atom. The summed E-state index contributed by atoms with van der Waals surface area (Å²) in [7, 11) is 0. The van der Waals surface area contributed by atoms with Gasteiger partial charge in [-0.05, 0) is 54.8 Å². The van der Waals surface area contributed by atoms with Gasteiger partial charge >= 0.3 is 5.97 Å². The molecule has 1 fully saturated rings. The molecule has 0 aliphatic carbocycles. The summed E-state index contributed by atoms with van der Waals surface area (Å²) in [6, 6.07) is 21.2. The molecule has 6 heteroatoms. The maximum absolute atomic E-state index is 10.9. The number of carboxylic acid groups (broad SMARTS) is 1. The fourth-order valence-corrected chi connectivity index (χ4v) is 4.41. The van der Waals surface area contributed by atoms with E-state index < -0.39 is 5.97 Å². The highest BCUT2D eigenvalue weighted by Gasteiger charge is 2.21. The molecule has 0 amide bonds. The van der Waals surface area contributed by atoms with Crippen LogP contribution in [0.15, 0.2) is 60.7 Å². The van der Waals surface area contributed by atoms with Gasteiger partial charge in [-0.1, -0.05) is 48.5 Å². The lowest BCUT2D eigenvalue weighted by atomic mass is 9.99. The highest BCUT2D eigenvalue weighted by atomic mass is 16.5. The Kier molecular flexibility index (Phi) is 7.47. The zero-order valence-electron chi connectivity index (χ0n) is 19.3. The summed E-state index contributed by atoms with van der Waals surface area (Å²) in [6.07, 6.45) is 1.05. The second-order valence-electron chi connectivity index (χ2n) is 8.60. The van der Waals surface area contributed by atoms with Crippen LogP contribution in [-0.2, 0) is 9.53 Å². The van der Waals surface area contributed by atoms with Crippen molar-refractivity contribution in [2.24, 2.45) is 0 Å². The van der Waals surface area contributed by atoms with E-state index in [4.69, 9.17) is 14.6 Å². The standard InChI is InChI=1S/C27H32N2O4/c1-19-10-11-22(16-26(19)33-18-27(30)31)29-14-15-32-23(17-29)12-13-28-20(2)24-9-5-7-21-6-3-4-8-25(21)24/h3-11,16,20,23,28H,12-15,17-18H2,1-2H3,(H,30,31)/t20-,23?/m1/s1. The Balaban J connectivity index is 1.33. The molecule has 1 unspecified atom stereocenters. The van der Waals surface area contributed by atoms with Crippen LogP contribution in [0.25, 0.3) is 10.8 Å². The van der Waals surface area contributed by atoms with Gasteiger partial charge in [-0.15, -0.1) is 0 Å². The van der Waals surface area contributed by atoms with Gasteiger partial charge in [-0.25, -0.2) is 4.79 Å². The van der Waals surface area contributed by atoms with Crippen molar-refractivity contribution in [3.63, 3.8) is 0 Å². The molecule has 1 aliphatic rings. The summed E-state index contributed by atoms with van der Waals surface area (Å²) < 4.78 is 11.5. The Hall–Kier alpha value is -3.09. The van der Waals surface area contributed by atoms with Crippen molar-refractivity contribution in [1.29, 1.82) is 0 Å². The number of benzene rings is 3. The van der Waals surface area contributed by atoms with Crippen LogP contribution in [0.1, 0.15) is 30.5 Å². The van der Waals surface area contributed by atoms with E-state index in [-0.39, 0.29) is 18.8 Å². The highest BCUT2D eigenvalue weighted by Crippen LogP contribution is 2.27.